The van der Waals surface area contributed by atoms with Gasteiger partial charge in [-0.2, -0.15) is 4.31 Å². The highest BCUT2D eigenvalue weighted by Gasteiger charge is 2.50. The minimum Gasteiger partial charge on any atom is -0.466 e. The summed E-state index contributed by atoms with van der Waals surface area (Å²) in [5.74, 6) is -0.222. The molecular weight excluding hydrogens is 473 g/mol. The Balaban J connectivity index is 1.89. The first-order valence-electron chi connectivity index (χ1n) is 10.6. The largest absolute Gasteiger partial charge is 0.466 e. The number of benzene rings is 2. The molecule has 178 valence electrons. The van der Waals surface area contributed by atoms with Gasteiger partial charge in [-0.3, -0.25) is 9.59 Å². The van der Waals surface area contributed by atoms with E-state index in [2.05, 4.69) is 0 Å². The van der Waals surface area contributed by atoms with Gasteiger partial charge in [-0.25, -0.2) is 12.8 Å². The minimum atomic E-state index is -4.18. The molecule has 0 bridgehead atoms. The molecule has 1 aliphatic rings. The molecule has 7 nitrogen and oxygen atoms in total. The lowest BCUT2D eigenvalue weighted by atomic mass is 9.99. The zero-order chi connectivity index (χ0) is 24.1. The summed E-state index contributed by atoms with van der Waals surface area (Å²) in [5, 5.41) is -0.760. The smallest absolute Gasteiger partial charge is 0.307 e. The highest BCUT2D eigenvalue weighted by atomic mass is 35.5. The van der Waals surface area contributed by atoms with E-state index in [0.717, 1.165) is 4.31 Å². The molecule has 1 aliphatic carbocycles. The number of carbonyl (C=O) groups excluding carboxylic acids is 2. The number of ether oxygens (including phenoxy) is 2. The Hall–Kier alpha value is -2.49. The first-order valence-corrected chi connectivity index (χ1v) is 12.4. The van der Waals surface area contributed by atoms with Crippen molar-refractivity contribution in [2.45, 2.75) is 49.5 Å². The number of hydrogen-bond donors (Lipinski definition) is 0. The van der Waals surface area contributed by atoms with E-state index < -0.39 is 32.6 Å². The number of nitrogens with zero attached hydrogens (tertiary/aromatic N) is 1. The number of rotatable bonds is 10. The lowest BCUT2D eigenvalue weighted by Crippen LogP contribution is -2.54. The van der Waals surface area contributed by atoms with Crippen LogP contribution in [0.2, 0.25) is 0 Å². The summed E-state index contributed by atoms with van der Waals surface area (Å²) in [6.07, 6.45) is 1.65. The minimum absolute atomic E-state index is 0.0676. The third-order valence-corrected chi connectivity index (χ3v) is 7.89. The third-order valence-electron chi connectivity index (χ3n) is 5.56. The van der Waals surface area contributed by atoms with Gasteiger partial charge in [0, 0.05) is 6.54 Å². The predicted molar refractivity (Wildman–Crippen MR) is 120 cm³/mol. The van der Waals surface area contributed by atoms with Crippen molar-refractivity contribution >= 4 is 32.8 Å². The van der Waals surface area contributed by atoms with Crippen molar-refractivity contribution in [2.75, 3.05) is 13.2 Å². The van der Waals surface area contributed by atoms with Crippen molar-refractivity contribution < 1.29 is 31.9 Å². The topological polar surface area (TPSA) is 90.0 Å². The molecule has 0 radical (unpaired) electrons. The van der Waals surface area contributed by atoms with Crippen LogP contribution in [0.3, 0.4) is 0 Å². The van der Waals surface area contributed by atoms with Crippen molar-refractivity contribution in [3.8, 4) is 11.5 Å². The van der Waals surface area contributed by atoms with Crippen molar-refractivity contribution in [1.82, 2.24) is 4.31 Å². The molecule has 0 heterocycles. The normalized spacial score (nSPS) is 15.4. The summed E-state index contributed by atoms with van der Waals surface area (Å²) in [5.41, 5.74) is -1.41. The Morgan fingerprint density at radius 3 is 2.09 bits per heavy atom. The van der Waals surface area contributed by atoms with Crippen molar-refractivity contribution in [3.63, 3.8) is 0 Å². The summed E-state index contributed by atoms with van der Waals surface area (Å²) in [4.78, 5) is 24.3. The maximum absolute atomic E-state index is 13.6. The highest BCUT2D eigenvalue weighted by molar-refractivity contribution is 7.89. The van der Waals surface area contributed by atoms with E-state index in [-0.39, 0.29) is 37.3 Å². The number of halogens is 2. The SMILES string of the molecule is CCOC(=O)CCN(C1(C(=O)Cl)CCCC1)S(=O)(=O)c1ccc(Oc2ccc(F)cc2)cc1. The summed E-state index contributed by atoms with van der Waals surface area (Å²) in [6.45, 7) is 1.59. The van der Waals surface area contributed by atoms with Crippen LogP contribution in [0.5, 0.6) is 11.5 Å². The van der Waals surface area contributed by atoms with Crippen LogP contribution in [-0.4, -0.2) is 42.6 Å². The quantitative estimate of drug-likeness (QED) is 0.351. The molecule has 0 aliphatic heterocycles. The number of sulfonamides is 1. The van der Waals surface area contributed by atoms with E-state index in [1.54, 1.807) is 6.92 Å². The van der Waals surface area contributed by atoms with Gasteiger partial charge in [0.25, 0.3) is 0 Å². The van der Waals surface area contributed by atoms with E-state index in [4.69, 9.17) is 21.1 Å². The summed E-state index contributed by atoms with van der Waals surface area (Å²) >= 11 is 5.92. The van der Waals surface area contributed by atoms with Crippen molar-refractivity contribution in [2.24, 2.45) is 0 Å². The Morgan fingerprint density at radius 1 is 1.03 bits per heavy atom. The summed E-state index contributed by atoms with van der Waals surface area (Å²) in [6, 6.07) is 11.0. The molecule has 3 rings (SSSR count). The average molecular weight is 498 g/mol. The molecule has 0 unspecified atom stereocenters. The highest BCUT2D eigenvalue weighted by Crippen LogP contribution is 2.41. The molecule has 0 spiro atoms. The molecule has 1 fully saturated rings. The van der Waals surface area contributed by atoms with Gasteiger partial charge in [0.1, 0.15) is 22.9 Å². The van der Waals surface area contributed by atoms with Crippen LogP contribution < -0.4 is 4.74 Å². The maximum atomic E-state index is 13.6. The molecular formula is C23H25ClFNO6S. The molecule has 2 aromatic rings. The van der Waals surface area contributed by atoms with Crippen LogP contribution >= 0.6 is 11.6 Å². The van der Waals surface area contributed by atoms with E-state index in [9.17, 15) is 22.4 Å². The molecule has 0 N–H and O–H groups in total. The first kappa shape index (κ1) is 25.1. The van der Waals surface area contributed by atoms with Crippen molar-refractivity contribution in [1.29, 1.82) is 0 Å². The van der Waals surface area contributed by atoms with E-state index >= 15 is 0 Å². The second-order valence-electron chi connectivity index (χ2n) is 7.67. The second-order valence-corrected chi connectivity index (χ2v) is 9.88. The van der Waals surface area contributed by atoms with Gasteiger partial charge < -0.3 is 9.47 Å². The number of esters is 1. The van der Waals surface area contributed by atoms with Gasteiger partial charge >= 0.3 is 5.97 Å². The van der Waals surface area contributed by atoms with E-state index in [0.29, 0.717) is 24.3 Å². The standard InChI is InChI=1S/C23H25ClFNO6S/c1-2-31-21(27)13-16-26(23(22(24)28)14-3-4-15-23)33(29,30)20-11-9-19(10-12-20)32-18-7-5-17(25)6-8-18/h5-12H,2-4,13-16H2,1H3. The van der Waals surface area contributed by atoms with Crippen LogP contribution in [0.25, 0.3) is 0 Å². The third kappa shape index (κ3) is 5.72. The van der Waals surface area contributed by atoms with Crippen LogP contribution in [0.1, 0.15) is 39.0 Å². The molecule has 0 aromatic heterocycles. The van der Waals surface area contributed by atoms with Gasteiger partial charge in [-0.1, -0.05) is 12.8 Å². The predicted octanol–water partition coefficient (Wildman–Crippen LogP) is 4.64. The fraction of sp³-hybridized carbons (Fsp3) is 0.391. The van der Waals surface area contributed by atoms with Gasteiger partial charge in [0.2, 0.25) is 15.3 Å². The zero-order valence-corrected chi connectivity index (χ0v) is 19.7. The Bertz CT molecular complexity index is 1080. The zero-order valence-electron chi connectivity index (χ0n) is 18.1. The summed E-state index contributed by atoms with van der Waals surface area (Å²) < 4.78 is 51.8. The first-order chi connectivity index (χ1) is 15.7. The molecule has 0 atom stereocenters. The fourth-order valence-corrected chi connectivity index (χ4v) is 6.07. The second kappa shape index (κ2) is 10.6. The molecule has 0 amide bonds. The maximum Gasteiger partial charge on any atom is 0.307 e. The van der Waals surface area contributed by atoms with Crippen LogP contribution in [0, 0.1) is 5.82 Å². The fourth-order valence-electron chi connectivity index (χ4n) is 3.94. The van der Waals surface area contributed by atoms with Gasteiger partial charge in [0.15, 0.2) is 0 Å². The van der Waals surface area contributed by atoms with Crippen molar-refractivity contribution in [3.05, 3.63) is 54.3 Å². The number of hydrogen-bond acceptors (Lipinski definition) is 6. The van der Waals surface area contributed by atoms with Crippen LogP contribution in [-0.2, 0) is 24.3 Å². The van der Waals surface area contributed by atoms with E-state index in [1.807, 2.05) is 0 Å². The monoisotopic (exact) mass is 497 g/mol. The van der Waals surface area contributed by atoms with Gasteiger partial charge in [0.05, 0.1) is 17.9 Å². The molecule has 1 saturated carbocycles. The Morgan fingerprint density at radius 2 is 1.58 bits per heavy atom. The molecule has 0 saturated heterocycles. The molecule has 10 heteroatoms. The average Bonchev–Trinajstić information content (AvgIpc) is 3.27. The Kier molecular flexibility index (Phi) is 8.10. The lowest BCUT2D eigenvalue weighted by Gasteiger charge is -2.37. The van der Waals surface area contributed by atoms with Crippen LogP contribution in [0.4, 0.5) is 4.39 Å². The Labute approximate surface area is 197 Å². The summed E-state index contributed by atoms with van der Waals surface area (Å²) in [7, 11) is -4.18. The van der Waals surface area contributed by atoms with Gasteiger partial charge in [-0.05, 0) is 79.9 Å². The van der Waals surface area contributed by atoms with Crippen LogP contribution in [0.15, 0.2) is 53.4 Å². The number of carbonyl (C=O) groups is 2. The molecule has 2 aromatic carbocycles. The lowest BCUT2D eigenvalue weighted by molar-refractivity contribution is -0.143. The van der Waals surface area contributed by atoms with Gasteiger partial charge in [-0.15, -0.1) is 0 Å². The molecule has 33 heavy (non-hydrogen) atoms. The van der Waals surface area contributed by atoms with E-state index in [1.165, 1.54) is 48.5 Å².